The summed E-state index contributed by atoms with van der Waals surface area (Å²) in [7, 11) is 0. The van der Waals surface area contributed by atoms with Gasteiger partial charge in [0.15, 0.2) is 0 Å². The molecule has 1 heterocycles. The van der Waals surface area contributed by atoms with Crippen molar-refractivity contribution in [3.63, 3.8) is 0 Å². The summed E-state index contributed by atoms with van der Waals surface area (Å²) in [6.45, 7) is 6.41. The molecule has 1 aliphatic heterocycles. The molecular formula is C22H25FN2O. The molecule has 26 heavy (non-hydrogen) atoms. The van der Waals surface area contributed by atoms with Crippen LogP contribution >= 0.6 is 0 Å². The van der Waals surface area contributed by atoms with Gasteiger partial charge in [0, 0.05) is 38.8 Å². The van der Waals surface area contributed by atoms with Gasteiger partial charge in [-0.3, -0.25) is 9.69 Å². The SMILES string of the molecule is Cc1ccccc1CN1CCCN(C(=O)/C=C/c2cccc(F)c2)CC1. The Morgan fingerprint density at radius 1 is 1.08 bits per heavy atom. The number of hydrogen-bond acceptors (Lipinski definition) is 2. The van der Waals surface area contributed by atoms with E-state index in [-0.39, 0.29) is 11.7 Å². The van der Waals surface area contributed by atoms with Crippen molar-refractivity contribution in [2.45, 2.75) is 19.9 Å². The third-order valence-corrected chi connectivity index (χ3v) is 4.82. The molecular weight excluding hydrogens is 327 g/mol. The van der Waals surface area contributed by atoms with E-state index < -0.39 is 0 Å². The van der Waals surface area contributed by atoms with Gasteiger partial charge >= 0.3 is 0 Å². The lowest BCUT2D eigenvalue weighted by Gasteiger charge is -2.22. The molecule has 3 nitrogen and oxygen atoms in total. The van der Waals surface area contributed by atoms with Crippen molar-refractivity contribution < 1.29 is 9.18 Å². The van der Waals surface area contributed by atoms with E-state index in [2.05, 4.69) is 36.1 Å². The Morgan fingerprint density at radius 3 is 2.73 bits per heavy atom. The molecule has 2 aromatic carbocycles. The molecule has 0 saturated carbocycles. The molecule has 0 spiro atoms. The molecule has 136 valence electrons. The van der Waals surface area contributed by atoms with E-state index in [4.69, 9.17) is 0 Å². The number of carbonyl (C=O) groups is 1. The van der Waals surface area contributed by atoms with Crippen LogP contribution in [0.15, 0.2) is 54.6 Å². The number of aryl methyl sites for hydroxylation is 1. The maximum atomic E-state index is 13.2. The van der Waals surface area contributed by atoms with Crippen LogP contribution < -0.4 is 0 Å². The normalized spacial score (nSPS) is 16.0. The van der Waals surface area contributed by atoms with Crippen LogP contribution in [0.2, 0.25) is 0 Å². The van der Waals surface area contributed by atoms with Gasteiger partial charge in [0.2, 0.25) is 5.91 Å². The van der Waals surface area contributed by atoms with Crippen molar-refractivity contribution in [2.75, 3.05) is 26.2 Å². The van der Waals surface area contributed by atoms with Crippen LogP contribution in [0.5, 0.6) is 0 Å². The van der Waals surface area contributed by atoms with Crippen molar-refractivity contribution in [3.8, 4) is 0 Å². The lowest BCUT2D eigenvalue weighted by atomic mass is 10.1. The molecule has 1 aliphatic rings. The van der Waals surface area contributed by atoms with E-state index >= 15 is 0 Å². The third-order valence-electron chi connectivity index (χ3n) is 4.82. The van der Waals surface area contributed by atoms with E-state index in [1.807, 2.05) is 4.90 Å². The van der Waals surface area contributed by atoms with Gasteiger partial charge in [0.1, 0.15) is 5.82 Å². The summed E-state index contributed by atoms with van der Waals surface area (Å²) in [5.41, 5.74) is 3.36. The van der Waals surface area contributed by atoms with Gasteiger partial charge in [-0.15, -0.1) is 0 Å². The van der Waals surface area contributed by atoms with Crippen molar-refractivity contribution in [3.05, 3.63) is 77.1 Å². The predicted molar refractivity (Wildman–Crippen MR) is 103 cm³/mol. The molecule has 0 N–H and O–H groups in total. The lowest BCUT2D eigenvalue weighted by Crippen LogP contribution is -2.34. The number of halogens is 1. The fourth-order valence-corrected chi connectivity index (χ4v) is 3.26. The van der Waals surface area contributed by atoms with Crippen LogP contribution in [0.1, 0.15) is 23.1 Å². The Kier molecular flexibility index (Phi) is 6.18. The Morgan fingerprint density at radius 2 is 1.92 bits per heavy atom. The monoisotopic (exact) mass is 352 g/mol. The largest absolute Gasteiger partial charge is 0.338 e. The molecule has 0 aromatic heterocycles. The lowest BCUT2D eigenvalue weighted by molar-refractivity contribution is -0.125. The van der Waals surface area contributed by atoms with Crippen molar-refractivity contribution in [1.29, 1.82) is 0 Å². The number of amides is 1. The molecule has 4 heteroatoms. The topological polar surface area (TPSA) is 23.6 Å². The summed E-state index contributed by atoms with van der Waals surface area (Å²) in [5.74, 6) is -0.298. The standard InChI is InChI=1S/C22H25FN2O/c1-18-6-2-3-8-20(18)17-24-12-5-13-25(15-14-24)22(26)11-10-19-7-4-9-21(23)16-19/h2-4,6-11,16H,5,12-15,17H2,1H3/b11-10+. The molecule has 0 atom stereocenters. The Bertz CT molecular complexity index is 787. The first-order chi connectivity index (χ1) is 12.6. The van der Waals surface area contributed by atoms with Gasteiger partial charge < -0.3 is 4.90 Å². The van der Waals surface area contributed by atoms with E-state index in [0.29, 0.717) is 5.56 Å². The van der Waals surface area contributed by atoms with E-state index in [1.165, 1.54) is 23.3 Å². The molecule has 1 saturated heterocycles. The van der Waals surface area contributed by atoms with Crippen molar-refractivity contribution in [1.82, 2.24) is 9.80 Å². The number of nitrogens with zero attached hydrogens (tertiary/aromatic N) is 2. The maximum absolute atomic E-state index is 13.2. The van der Waals surface area contributed by atoms with E-state index in [9.17, 15) is 9.18 Å². The van der Waals surface area contributed by atoms with E-state index in [1.54, 1.807) is 24.3 Å². The van der Waals surface area contributed by atoms with Gasteiger partial charge in [0.05, 0.1) is 0 Å². The Balaban J connectivity index is 1.56. The summed E-state index contributed by atoms with van der Waals surface area (Å²) >= 11 is 0. The summed E-state index contributed by atoms with van der Waals surface area (Å²) < 4.78 is 13.2. The quantitative estimate of drug-likeness (QED) is 0.780. The molecule has 3 rings (SSSR count). The number of benzene rings is 2. The molecule has 0 radical (unpaired) electrons. The highest BCUT2D eigenvalue weighted by molar-refractivity contribution is 5.91. The highest BCUT2D eigenvalue weighted by Crippen LogP contribution is 2.13. The van der Waals surface area contributed by atoms with Gasteiger partial charge in [0.25, 0.3) is 0 Å². The zero-order chi connectivity index (χ0) is 18.4. The Labute approximate surface area is 154 Å². The minimum Gasteiger partial charge on any atom is -0.338 e. The van der Waals surface area contributed by atoms with Crippen molar-refractivity contribution >= 4 is 12.0 Å². The number of hydrogen-bond donors (Lipinski definition) is 0. The van der Waals surface area contributed by atoms with E-state index in [0.717, 1.165) is 39.1 Å². The molecule has 2 aromatic rings. The summed E-state index contributed by atoms with van der Waals surface area (Å²) in [4.78, 5) is 16.7. The second kappa shape index (κ2) is 8.77. The fraction of sp³-hybridized carbons (Fsp3) is 0.318. The highest BCUT2D eigenvalue weighted by atomic mass is 19.1. The first-order valence-electron chi connectivity index (χ1n) is 9.11. The van der Waals surface area contributed by atoms with Crippen LogP contribution in [0.4, 0.5) is 4.39 Å². The fourth-order valence-electron chi connectivity index (χ4n) is 3.26. The van der Waals surface area contributed by atoms with Crippen LogP contribution in [0.25, 0.3) is 6.08 Å². The van der Waals surface area contributed by atoms with Gasteiger partial charge in [-0.05, 0) is 48.2 Å². The molecule has 0 aliphatic carbocycles. The first-order valence-corrected chi connectivity index (χ1v) is 9.11. The van der Waals surface area contributed by atoms with Crippen LogP contribution in [-0.4, -0.2) is 41.9 Å². The highest BCUT2D eigenvalue weighted by Gasteiger charge is 2.18. The zero-order valence-electron chi connectivity index (χ0n) is 15.2. The summed E-state index contributed by atoms with van der Waals surface area (Å²) in [5, 5.41) is 0. The summed E-state index contributed by atoms with van der Waals surface area (Å²) in [6, 6.07) is 14.7. The van der Waals surface area contributed by atoms with Gasteiger partial charge in [-0.25, -0.2) is 4.39 Å². The van der Waals surface area contributed by atoms with Crippen molar-refractivity contribution in [2.24, 2.45) is 0 Å². The minimum absolute atomic E-state index is 0.00740. The van der Waals surface area contributed by atoms with Crippen LogP contribution in [0, 0.1) is 12.7 Å². The third kappa shape index (κ3) is 5.02. The molecule has 1 fully saturated rings. The minimum atomic E-state index is -0.291. The molecule has 1 amide bonds. The van der Waals surface area contributed by atoms with Crippen LogP contribution in [-0.2, 0) is 11.3 Å². The Hall–Kier alpha value is -2.46. The molecule has 0 bridgehead atoms. The number of carbonyl (C=O) groups excluding carboxylic acids is 1. The average Bonchev–Trinajstić information content (AvgIpc) is 2.87. The van der Waals surface area contributed by atoms with Gasteiger partial charge in [-0.2, -0.15) is 0 Å². The second-order valence-corrected chi connectivity index (χ2v) is 6.77. The smallest absolute Gasteiger partial charge is 0.246 e. The second-order valence-electron chi connectivity index (χ2n) is 6.77. The maximum Gasteiger partial charge on any atom is 0.246 e. The predicted octanol–water partition coefficient (Wildman–Crippen LogP) is 3.88. The first kappa shape index (κ1) is 18.3. The average molecular weight is 352 g/mol. The number of rotatable bonds is 4. The molecule has 0 unspecified atom stereocenters. The van der Waals surface area contributed by atoms with Gasteiger partial charge in [-0.1, -0.05) is 36.4 Å². The van der Waals surface area contributed by atoms with Crippen LogP contribution in [0.3, 0.4) is 0 Å². The zero-order valence-corrected chi connectivity index (χ0v) is 15.2. The summed E-state index contributed by atoms with van der Waals surface area (Å²) in [6.07, 6.45) is 4.19.